The molecule has 0 fully saturated rings. The van der Waals surface area contributed by atoms with Gasteiger partial charge in [-0.15, -0.1) is 0 Å². The molecule has 0 aliphatic heterocycles. The second-order valence-corrected chi connectivity index (χ2v) is 12.2. The molecule has 1 atom stereocenters. The van der Waals surface area contributed by atoms with Crippen LogP contribution in [0.3, 0.4) is 0 Å². The van der Waals surface area contributed by atoms with Gasteiger partial charge in [-0.05, 0) is 38.9 Å². The number of nitrogens with one attached hydrogen (secondary N) is 1. The van der Waals surface area contributed by atoms with Gasteiger partial charge < -0.3 is 19.3 Å². The molecule has 0 aliphatic carbocycles. The van der Waals surface area contributed by atoms with Crippen molar-refractivity contribution < 1.29 is 18.8 Å². The van der Waals surface area contributed by atoms with Crippen LogP contribution in [0.25, 0.3) is 0 Å². The van der Waals surface area contributed by atoms with E-state index in [1.165, 1.54) is 0 Å². The van der Waals surface area contributed by atoms with E-state index < -0.39 is 26.1 Å². The van der Waals surface area contributed by atoms with E-state index in [1.807, 2.05) is 0 Å². The molecule has 0 aromatic rings. The molecule has 0 bridgehead atoms. The van der Waals surface area contributed by atoms with E-state index in [0.717, 1.165) is 6.29 Å². The number of hydrogen-bond acceptors (Lipinski definition) is 4. The topological polar surface area (TPSA) is 64.6 Å². The van der Waals surface area contributed by atoms with Crippen molar-refractivity contribution in [3.05, 3.63) is 0 Å². The summed E-state index contributed by atoms with van der Waals surface area (Å²) in [4.78, 5) is 22.7. The second kappa shape index (κ2) is 6.71. The average Bonchev–Trinajstić information content (AvgIpc) is 2.19. The van der Waals surface area contributed by atoms with Gasteiger partial charge in [-0.2, -0.15) is 0 Å². The Hall–Kier alpha value is -0.883. The SMILES string of the molecule is CC(C)(C)OC(=O)NCC(C=O)O[Si](C)(C)C(C)(C)C. The van der Waals surface area contributed by atoms with Gasteiger partial charge in [0, 0.05) is 0 Å². The maximum absolute atomic E-state index is 11.5. The van der Waals surface area contributed by atoms with Gasteiger partial charge >= 0.3 is 6.09 Å². The molecule has 0 aromatic heterocycles. The average molecular weight is 303 g/mol. The van der Waals surface area contributed by atoms with E-state index in [9.17, 15) is 9.59 Å². The standard InChI is InChI=1S/C14H29NO4Si/c1-13(2,3)18-12(17)15-9-11(10-16)19-20(7,8)14(4,5)6/h10-11H,9H2,1-8H3,(H,15,17). The number of hydrogen-bond donors (Lipinski definition) is 1. The first kappa shape index (κ1) is 19.1. The zero-order chi connectivity index (χ0) is 16.2. The Balaban J connectivity index is 4.45. The smallest absolute Gasteiger partial charge is 0.407 e. The number of aldehydes is 1. The number of rotatable bonds is 5. The molecule has 0 spiro atoms. The molecule has 0 rings (SSSR count). The van der Waals surface area contributed by atoms with Crippen molar-refractivity contribution >= 4 is 20.7 Å². The van der Waals surface area contributed by atoms with Gasteiger partial charge in [-0.1, -0.05) is 20.8 Å². The number of carbonyl (C=O) groups excluding carboxylic acids is 2. The molecule has 0 heterocycles. The highest BCUT2D eigenvalue weighted by molar-refractivity contribution is 6.74. The molecule has 0 aliphatic rings. The first-order valence-corrected chi connectivity index (χ1v) is 9.79. The lowest BCUT2D eigenvalue weighted by Crippen LogP contribution is -2.48. The van der Waals surface area contributed by atoms with Gasteiger partial charge in [0.15, 0.2) is 8.32 Å². The fraction of sp³-hybridized carbons (Fsp3) is 0.857. The lowest BCUT2D eigenvalue weighted by molar-refractivity contribution is -0.113. The number of amides is 1. The molecular weight excluding hydrogens is 274 g/mol. The Morgan fingerprint density at radius 1 is 1.20 bits per heavy atom. The van der Waals surface area contributed by atoms with Crippen LogP contribution >= 0.6 is 0 Å². The predicted molar refractivity (Wildman–Crippen MR) is 82.4 cm³/mol. The molecule has 118 valence electrons. The third kappa shape index (κ3) is 7.05. The highest BCUT2D eigenvalue weighted by Crippen LogP contribution is 2.37. The van der Waals surface area contributed by atoms with Crippen LogP contribution in [-0.2, 0) is 14.0 Å². The third-order valence-corrected chi connectivity index (χ3v) is 7.75. The Bertz CT molecular complexity index is 342. The van der Waals surface area contributed by atoms with Crippen LogP contribution in [0.4, 0.5) is 4.79 Å². The summed E-state index contributed by atoms with van der Waals surface area (Å²) in [5, 5.41) is 2.58. The van der Waals surface area contributed by atoms with Crippen LogP contribution < -0.4 is 5.32 Å². The van der Waals surface area contributed by atoms with Gasteiger partial charge in [-0.25, -0.2) is 4.79 Å². The zero-order valence-electron chi connectivity index (χ0n) is 14.0. The Morgan fingerprint density at radius 2 is 1.70 bits per heavy atom. The molecule has 0 saturated carbocycles. The Labute approximate surface area is 123 Å². The molecule has 0 radical (unpaired) electrons. The summed E-state index contributed by atoms with van der Waals surface area (Å²) in [6.07, 6.45) is -0.440. The molecule has 0 aromatic carbocycles. The van der Waals surface area contributed by atoms with Crippen LogP contribution in [-0.4, -0.2) is 38.9 Å². The van der Waals surface area contributed by atoms with E-state index in [-0.39, 0.29) is 11.6 Å². The minimum Gasteiger partial charge on any atom is -0.444 e. The first-order chi connectivity index (χ1) is 8.78. The van der Waals surface area contributed by atoms with Crippen LogP contribution in [0.15, 0.2) is 0 Å². The van der Waals surface area contributed by atoms with Gasteiger partial charge in [0.25, 0.3) is 0 Å². The van der Waals surface area contributed by atoms with Crippen LogP contribution in [0.1, 0.15) is 41.5 Å². The highest BCUT2D eigenvalue weighted by atomic mass is 28.4. The first-order valence-electron chi connectivity index (χ1n) is 6.88. The maximum Gasteiger partial charge on any atom is 0.407 e. The molecule has 1 amide bonds. The summed E-state index contributed by atoms with van der Waals surface area (Å²) < 4.78 is 11.1. The largest absolute Gasteiger partial charge is 0.444 e. The maximum atomic E-state index is 11.5. The van der Waals surface area contributed by atoms with Crippen molar-refractivity contribution in [2.45, 2.75) is 71.4 Å². The number of alkyl carbamates (subject to hydrolysis) is 1. The van der Waals surface area contributed by atoms with Gasteiger partial charge in [-0.3, -0.25) is 0 Å². The molecular formula is C14H29NO4Si. The lowest BCUT2D eigenvalue weighted by Gasteiger charge is -2.38. The van der Waals surface area contributed by atoms with Crippen molar-refractivity contribution in [3.63, 3.8) is 0 Å². The van der Waals surface area contributed by atoms with E-state index in [2.05, 4.69) is 39.2 Å². The summed E-state index contributed by atoms with van der Waals surface area (Å²) in [6.45, 7) is 15.9. The molecule has 1 unspecified atom stereocenters. The van der Waals surface area contributed by atoms with Gasteiger partial charge in [0.05, 0.1) is 6.54 Å². The molecule has 1 N–H and O–H groups in total. The van der Waals surface area contributed by atoms with Crippen LogP contribution in [0.2, 0.25) is 18.1 Å². The highest BCUT2D eigenvalue weighted by Gasteiger charge is 2.39. The second-order valence-electron chi connectivity index (χ2n) is 7.44. The minimum atomic E-state index is -2.03. The van der Waals surface area contributed by atoms with Crippen LogP contribution in [0.5, 0.6) is 0 Å². The quantitative estimate of drug-likeness (QED) is 0.626. The Morgan fingerprint density at radius 3 is 2.05 bits per heavy atom. The van der Waals surface area contributed by atoms with Crippen molar-refractivity contribution in [1.29, 1.82) is 0 Å². The fourth-order valence-electron chi connectivity index (χ4n) is 1.17. The summed E-state index contributed by atoms with van der Waals surface area (Å²) in [5.74, 6) is 0. The van der Waals surface area contributed by atoms with Crippen molar-refractivity contribution in [2.75, 3.05) is 6.54 Å². The van der Waals surface area contributed by atoms with Crippen LogP contribution in [0, 0.1) is 0 Å². The summed E-state index contributed by atoms with van der Waals surface area (Å²) in [7, 11) is -2.03. The van der Waals surface area contributed by atoms with E-state index in [0.29, 0.717) is 0 Å². The van der Waals surface area contributed by atoms with E-state index in [4.69, 9.17) is 9.16 Å². The van der Waals surface area contributed by atoms with E-state index >= 15 is 0 Å². The summed E-state index contributed by atoms with van der Waals surface area (Å²) in [5.41, 5.74) is -0.555. The predicted octanol–water partition coefficient (Wildman–Crippen LogP) is 3.10. The van der Waals surface area contributed by atoms with Gasteiger partial charge in [0.1, 0.15) is 18.0 Å². The summed E-state index contributed by atoms with van der Waals surface area (Å²) >= 11 is 0. The molecule has 5 nitrogen and oxygen atoms in total. The summed E-state index contributed by atoms with van der Waals surface area (Å²) in [6, 6.07) is 0. The monoisotopic (exact) mass is 303 g/mol. The molecule has 6 heteroatoms. The number of ether oxygens (including phenoxy) is 1. The minimum absolute atomic E-state index is 0.0141. The Kier molecular flexibility index (Phi) is 6.42. The lowest BCUT2D eigenvalue weighted by atomic mass is 10.2. The normalized spacial score (nSPS) is 14.6. The molecule has 20 heavy (non-hydrogen) atoms. The van der Waals surface area contributed by atoms with Crippen molar-refractivity contribution in [1.82, 2.24) is 5.32 Å². The molecule has 0 saturated heterocycles. The van der Waals surface area contributed by atoms with E-state index in [1.54, 1.807) is 20.8 Å². The van der Waals surface area contributed by atoms with Crippen molar-refractivity contribution in [3.8, 4) is 0 Å². The zero-order valence-corrected chi connectivity index (χ0v) is 15.0. The number of carbonyl (C=O) groups is 2. The third-order valence-electron chi connectivity index (χ3n) is 3.25. The fourth-order valence-corrected chi connectivity index (χ4v) is 2.42. The van der Waals surface area contributed by atoms with Gasteiger partial charge in [0.2, 0.25) is 0 Å². The van der Waals surface area contributed by atoms with Crippen molar-refractivity contribution in [2.24, 2.45) is 0 Å².